The van der Waals surface area contributed by atoms with Crippen LogP contribution in [-0.2, 0) is 16.0 Å². The number of Topliss-reactive ketones (excluding diaryl/α,β-unsaturated/α-hetero) is 1. The Bertz CT molecular complexity index is 1470. The summed E-state index contributed by atoms with van der Waals surface area (Å²) in [5.74, 6) is -2.37. The van der Waals surface area contributed by atoms with Gasteiger partial charge in [0.1, 0.15) is 11.6 Å². The van der Waals surface area contributed by atoms with Crippen molar-refractivity contribution in [3.8, 4) is 0 Å². The normalized spacial score (nSPS) is 17.6. The van der Waals surface area contributed by atoms with Crippen LogP contribution in [0.2, 0.25) is 0 Å². The predicted molar refractivity (Wildman–Crippen MR) is 131 cm³/mol. The Morgan fingerprint density at radius 1 is 1.09 bits per heavy atom. The molecular formula is C27H21FN2O3S. The minimum atomic E-state index is -0.865. The number of amides is 1. The number of hydrogen-bond donors (Lipinski definition) is 1. The van der Waals surface area contributed by atoms with Gasteiger partial charge in [-0.15, -0.1) is 0 Å². The standard InChI is InChI=1S/C27H21FN2O3S/c1-3-16-7-12-20-21(14-16)34-27(29-20)30-23(18-6-4-5-15(2)13-18)22(25(32)26(30)33)24(31)17-8-10-19(28)11-9-17/h4-14,23,31H,3H2,1-2H3/b24-22+. The number of fused-ring (bicyclic) bond motifs is 1. The second kappa shape index (κ2) is 8.50. The lowest BCUT2D eigenvalue weighted by Crippen LogP contribution is -2.29. The molecule has 5 rings (SSSR count). The van der Waals surface area contributed by atoms with E-state index < -0.39 is 23.5 Å². The molecule has 1 N–H and O–H groups in total. The Morgan fingerprint density at radius 2 is 1.85 bits per heavy atom. The number of benzene rings is 3. The van der Waals surface area contributed by atoms with Crippen LogP contribution in [0.15, 0.2) is 72.3 Å². The average Bonchev–Trinajstić information content (AvgIpc) is 3.36. The number of nitrogens with zero attached hydrogens (tertiary/aromatic N) is 2. The number of rotatable bonds is 4. The van der Waals surface area contributed by atoms with Crippen molar-refractivity contribution in [2.45, 2.75) is 26.3 Å². The molecule has 2 heterocycles. The van der Waals surface area contributed by atoms with Crippen molar-refractivity contribution in [3.63, 3.8) is 0 Å². The molecule has 7 heteroatoms. The van der Waals surface area contributed by atoms with Gasteiger partial charge in [-0.2, -0.15) is 0 Å². The van der Waals surface area contributed by atoms with Crippen LogP contribution in [0.3, 0.4) is 0 Å². The van der Waals surface area contributed by atoms with Gasteiger partial charge in [0.05, 0.1) is 21.8 Å². The first kappa shape index (κ1) is 22.0. The van der Waals surface area contributed by atoms with E-state index in [1.807, 2.05) is 49.4 Å². The number of aliphatic hydroxyl groups excluding tert-OH is 1. The summed E-state index contributed by atoms with van der Waals surface area (Å²) in [5, 5.41) is 11.5. The first-order chi connectivity index (χ1) is 16.4. The summed E-state index contributed by atoms with van der Waals surface area (Å²) in [5.41, 5.74) is 3.72. The first-order valence-corrected chi connectivity index (χ1v) is 11.7. The predicted octanol–water partition coefficient (Wildman–Crippen LogP) is 5.93. The maximum atomic E-state index is 13.5. The molecule has 4 aromatic rings. The van der Waals surface area contributed by atoms with Gasteiger partial charge in [-0.3, -0.25) is 14.5 Å². The second-order valence-corrected chi connectivity index (χ2v) is 9.25. The van der Waals surface area contributed by atoms with Crippen molar-refractivity contribution in [2.24, 2.45) is 0 Å². The van der Waals surface area contributed by atoms with Crippen LogP contribution in [0.1, 0.15) is 35.2 Å². The Labute approximate surface area is 199 Å². The minimum Gasteiger partial charge on any atom is -0.507 e. The number of hydrogen-bond acceptors (Lipinski definition) is 5. The number of aryl methyl sites for hydroxylation is 2. The lowest BCUT2D eigenvalue weighted by Gasteiger charge is -2.23. The number of anilines is 1. The van der Waals surface area contributed by atoms with Gasteiger partial charge in [0.15, 0.2) is 5.13 Å². The van der Waals surface area contributed by atoms with Crippen LogP contribution in [0, 0.1) is 12.7 Å². The van der Waals surface area contributed by atoms with Gasteiger partial charge in [-0.25, -0.2) is 9.37 Å². The molecule has 1 aliphatic rings. The second-order valence-electron chi connectivity index (χ2n) is 8.24. The maximum Gasteiger partial charge on any atom is 0.301 e. The summed E-state index contributed by atoms with van der Waals surface area (Å²) in [6, 6.07) is 17.7. The third kappa shape index (κ3) is 3.68. The lowest BCUT2D eigenvalue weighted by atomic mass is 9.94. The number of thiazole rings is 1. The molecule has 1 unspecified atom stereocenters. The fourth-order valence-electron chi connectivity index (χ4n) is 4.23. The van der Waals surface area contributed by atoms with Crippen LogP contribution >= 0.6 is 11.3 Å². The highest BCUT2D eigenvalue weighted by atomic mass is 32.1. The van der Waals surface area contributed by atoms with Crippen molar-refractivity contribution in [1.29, 1.82) is 0 Å². The van der Waals surface area contributed by atoms with Crippen LogP contribution in [0.25, 0.3) is 16.0 Å². The third-order valence-electron chi connectivity index (χ3n) is 5.98. The number of aromatic nitrogens is 1. The summed E-state index contributed by atoms with van der Waals surface area (Å²) in [4.78, 5) is 32.6. The average molecular weight is 473 g/mol. The Morgan fingerprint density at radius 3 is 2.56 bits per heavy atom. The van der Waals surface area contributed by atoms with Gasteiger partial charge in [0, 0.05) is 5.56 Å². The van der Waals surface area contributed by atoms with Gasteiger partial charge in [-0.05, 0) is 60.9 Å². The van der Waals surface area contributed by atoms with Crippen molar-refractivity contribution in [2.75, 3.05) is 4.90 Å². The zero-order valence-corrected chi connectivity index (χ0v) is 19.4. The van der Waals surface area contributed by atoms with E-state index in [4.69, 9.17) is 0 Å². The van der Waals surface area contributed by atoms with E-state index in [1.54, 1.807) is 0 Å². The molecule has 0 spiro atoms. The monoisotopic (exact) mass is 472 g/mol. The summed E-state index contributed by atoms with van der Waals surface area (Å²) < 4.78 is 14.4. The summed E-state index contributed by atoms with van der Waals surface area (Å²) in [6.07, 6.45) is 0.870. The van der Waals surface area contributed by atoms with E-state index in [-0.39, 0.29) is 16.9 Å². The molecule has 34 heavy (non-hydrogen) atoms. The molecular weight excluding hydrogens is 451 g/mol. The maximum absolute atomic E-state index is 13.5. The van der Waals surface area contributed by atoms with Gasteiger partial charge < -0.3 is 5.11 Å². The van der Waals surface area contributed by atoms with E-state index in [1.165, 1.54) is 40.5 Å². The highest BCUT2D eigenvalue weighted by molar-refractivity contribution is 7.22. The van der Waals surface area contributed by atoms with E-state index in [0.717, 1.165) is 27.8 Å². The van der Waals surface area contributed by atoms with Crippen LogP contribution in [0.5, 0.6) is 0 Å². The summed E-state index contributed by atoms with van der Waals surface area (Å²) in [6.45, 7) is 3.98. The Hall–Kier alpha value is -3.84. The topological polar surface area (TPSA) is 70.5 Å². The molecule has 0 aliphatic carbocycles. The molecule has 5 nitrogen and oxygen atoms in total. The molecule has 0 radical (unpaired) electrons. The van der Waals surface area contributed by atoms with Gasteiger partial charge >= 0.3 is 5.91 Å². The van der Waals surface area contributed by atoms with Crippen molar-refractivity contribution >= 4 is 44.1 Å². The van der Waals surface area contributed by atoms with E-state index >= 15 is 0 Å². The first-order valence-electron chi connectivity index (χ1n) is 10.9. The van der Waals surface area contributed by atoms with Gasteiger partial charge in [0.2, 0.25) is 0 Å². The highest BCUT2D eigenvalue weighted by Crippen LogP contribution is 2.44. The van der Waals surface area contributed by atoms with Crippen molar-refractivity contribution < 1.29 is 19.1 Å². The number of ketones is 1. The number of aliphatic hydroxyl groups is 1. The minimum absolute atomic E-state index is 0.0456. The zero-order valence-electron chi connectivity index (χ0n) is 18.6. The molecule has 0 saturated carbocycles. The van der Waals surface area contributed by atoms with E-state index in [0.29, 0.717) is 10.7 Å². The molecule has 1 aromatic heterocycles. The number of carbonyl (C=O) groups excluding carboxylic acids is 2. The van der Waals surface area contributed by atoms with Gasteiger partial charge in [-0.1, -0.05) is 54.2 Å². The molecule has 170 valence electrons. The molecule has 1 amide bonds. The number of carbonyl (C=O) groups is 2. The summed E-state index contributed by atoms with van der Waals surface area (Å²) in [7, 11) is 0. The van der Waals surface area contributed by atoms with Crippen molar-refractivity contribution in [1.82, 2.24) is 4.98 Å². The number of halogens is 1. The Kier molecular flexibility index (Phi) is 5.49. The Balaban J connectivity index is 1.72. The molecule has 1 aliphatic heterocycles. The third-order valence-corrected chi connectivity index (χ3v) is 6.99. The zero-order chi connectivity index (χ0) is 24.0. The molecule has 3 aromatic carbocycles. The lowest BCUT2D eigenvalue weighted by molar-refractivity contribution is -0.132. The largest absolute Gasteiger partial charge is 0.507 e. The fraction of sp³-hybridized carbons (Fsp3) is 0.148. The quantitative estimate of drug-likeness (QED) is 0.227. The van der Waals surface area contributed by atoms with Gasteiger partial charge in [0.25, 0.3) is 5.78 Å². The van der Waals surface area contributed by atoms with Crippen LogP contribution in [-0.4, -0.2) is 21.8 Å². The van der Waals surface area contributed by atoms with E-state index in [9.17, 15) is 19.1 Å². The summed E-state index contributed by atoms with van der Waals surface area (Å²) >= 11 is 1.33. The highest BCUT2D eigenvalue weighted by Gasteiger charge is 2.48. The smallest absolute Gasteiger partial charge is 0.301 e. The van der Waals surface area contributed by atoms with Crippen molar-refractivity contribution in [3.05, 3.63) is 100 Å². The SMILES string of the molecule is CCc1ccc2nc(N3C(=O)C(=O)/C(=C(/O)c4ccc(F)cc4)C3c3cccc(C)c3)sc2c1. The molecule has 1 fully saturated rings. The van der Waals surface area contributed by atoms with Crippen LogP contribution < -0.4 is 4.90 Å². The fourth-order valence-corrected chi connectivity index (χ4v) is 5.28. The molecule has 0 bridgehead atoms. The van der Waals surface area contributed by atoms with Crippen LogP contribution in [0.4, 0.5) is 9.52 Å². The van der Waals surface area contributed by atoms with E-state index in [2.05, 4.69) is 11.9 Å². The molecule has 1 saturated heterocycles. The molecule has 1 atom stereocenters.